The highest BCUT2D eigenvalue weighted by atomic mass is 16.1. The number of anilines is 1. The van der Waals surface area contributed by atoms with E-state index in [1.807, 2.05) is 0 Å². The van der Waals surface area contributed by atoms with Crippen LogP contribution < -0.4 is 5.32 Å². The maximum Gasteiger partial charge on any atom is 0.228 e. The first-order valence-electron chi connectivity index (χ1n) is 5.74. The summed E-state index contributed by atoms with van der Waals surface area (Å²) in [5.41, 5.74) is 6.21. The maximum absolute atomic E-state index is 11.5. The van der Waals surface area contributed by atoms with Gasteiger partial charge in [-0.1, -0.05) is 20.8 Å². The highest BCUT2D eigenvalue weighted by molar-refractivity contribution is 6.00. The van der Waals surface area contributed by atoms with Crippen LogP contribution in [0.3, 0.4) is 0 Å². The number of fused-ring (bicyclic) bond motifs is 1. The van der Waals surface area contributed by atoms with Crippen LogP contribution in [0.2, 0.25) is 0 Å². The number of benzene rings is 1. The summed E-state index contributed by atoms with van der Waals surface area (Å²) < 4.78 is 0. The molecular formula is C14H19NO. The Balaban J connectivity index is 2.73. The van der Waals surface area contributed by atoms with E-state index in [1.54, 1.807) is 0 Å². The Labute approximate surface area is 97.1 Å². The molecule has 1 aromatic carbocycles. The van der Waals surface area contributed by atoms with Crippen molar-refractivity contribution in [2.75, 3.05) is 5.32 Å². The Morgan fingerprint density at radius 3 is 2.44 bits per heavy atom. The second kappa shape index (κ2) is 3.34. The van der Waals surface area contributed by atoms with E-state index in [9.17, 15) is 4.79 Å². The van der Waals surface area contributed by atoms with Crippen LogP contribution in [-0.2, 0) is 16.6 Å². The van der Waals surface area contributed by atoms with Crippen molar-refractivity contribution in [3.8, 4) is 0 Å². The quantitative estimate of drug-likeness (QED) is 0.711. The van der Waals surface area contributed by atoms with E-state index < -0.39 is 0 Å². The second-order valence-corrected chi connectivity index (χ2v) is 5.69. The number of aryl methyl sites for hydroxylation is 1. The molecule has 0 fully saturated rings. The van der Waals surface area contributed by atoms with Gasteiger partial charge in [-0.15, -0.1) is 0 Å². The Kier molecular flexibility index (Phi) is 2.33. The monoisotopic (exact) mass is 217 g/mol. The highest BCUT2D eigenvalue weighted by Crippen LogP contribution is 2.38. The number of carbonyl (C=O) groups is 1. The molecule has 1 aliphatic rings. The molecule has 0 aromatic heterocycles. The molecular weight excluding hydrogens is 198 g/mol. The van der Waals surface area contributed by atoms with E-state index >= 15 is 0 Å². The zero-order valence-corrected chi connectivity index (χ0v) is 10.7. The van der Waals surface area contributed by atoms with Gasteiger partial charge in [-0.25, -0.2) is 0 Å². The van der Waals surface area contributed by atoms with Crippen LogP contribution >= 0.6 is 0 Å². The lowest BCUT2D eigenvalue weighted by Gasteiger charge is -2.26. The van der Waals surface area contributed by atoms with E-state index in [-0.39, 0.29) is 11.3 Å². The lowest BCUT2D eigenvalue weighted by atomic mass is 9.79. The van der Waals surface area contributed by atoms with E-state index in [2.05, 4.69) is 46.0 Å². The minimum Gasteiger partial charge on any atom is -0.326 e. The summed E-state index contributed by atoms with van der Waals surface area (Å²) in [5.74, 6) is 0.116. The normalized spacial score (nSPS) is 14.9. The number of carbonyl (C=O) groups excluding carboxylic acids is 1. The minimum atomic E-state index is 0.0898. The molecule has 16 heavy (non-hydrogen) atoms. The van der Waals surface area contributed by atoms with Crippen LogP contribution in [0, 0.1) is 13.8 Å². The van der Waals surface area contributed by atoms with E-state index in [1.165, 1.54) is 22.3 Å². The number of amides is 1. The van der Waals surface area contributed by atoms with Gasteiger partial charge < -0.3 is 5.32 Å². The first-order chi connectivity index (χ1) is 7.30. The fraction of sp³-hybridized carbons (Fsp3) is 0.500. The summed E-state index contributed by atoms with van der Waals surface area (Å²) in [6, 6.07) is 2.09. The molecule has 1 amide bonds. The molecule has 0 spiro atoms. The minimum absolute atomic E-state index is 0.0898. The average molecular weight is 217 g/mol. The third-order valence-corrected chi connectivity index (χ3v) is 3.32. The van der Waals surface area contributed by atoms with Crippen molar-refractivity contribution < 1.29 is 4.79 Å². The van der Waals surface area contributed by atoms with Gasteiger partial charge in [0.05, 0.1) is 6.42 Å². The van der Waals surface area contributed by atoms with Crippen molar-refractivity contribution in [1.29, 1.82) is 0 Å². The number of hydrogen-bond donors (Lipinski definition) is 1. The van der Waals surface area contributed by atoms with Crippen LogP contribution in [0.4, 0.5) is 5.69 Å². The molecule has 1 aromatic rings. The Morgan fingerprint density at radius 2 is 1.88 bits per heavy atom. The van der Waals surface area contributed by atoms with Gasteiger partial charge in [-0.3, -0.25) is 4.79 Å². The van der Waals surface area contributed by atoms with Crippen LogP contribution in [0.5, 0.6) is 0 Å². The molecule has 86 valence electrons. The molecule has 2 rings (SSSR count). The van der Waals surface area contributed by atoms with Gasteiger partial charge in [0, 0.05) is 5.69 Å². The predicted molar refractivity (Wildman–Crippen MR) is 66.9 cm³/mol. The molecule has 2 heteroatoms. The van der Waals surface area contributed by atoms with Gasteiger partial charge in [-0.05, 0) is 47.6 Å². The van der Waals surface area contributed by atoms with Crippen molar-refractivity contribution in [1.82, 2.24) is 0 Å². The summed E-state index contributed by atoms with van der Waals surface area (Å²) in [6.45, 7) is 10.9. The van der Waals surface area contributed by atoms with Gasteiger partial charge in [0.2, 0.25) is 5.91 Å². The first kappa shape index (κ1) is 11.2. The molecule has 0 aliphatic carbocycles. The van der Waals surface area contributed by atoms with E-state index in [0.29, 0.717) is 6.42 Å². The topological polar surface area (TPSA) is 29.1 Å². The molecule has 0 saturated heterocycles. The first-order valence-corrected chi connectivity index (χ1v) is 5.74. The molecule has 1 heterocycles. The molecule has 0 atom stereocenters. The Bertz CT molecular complexity index is 467. The van der Waals surface area contributed by atoms with Crippen LogP contribution in [-0.4, -0.2) is 5.91 Å². The van der Waals surface area contributed by atoms with Gasteiger partial charge in [0.1, 0.15) is 0 Å². The molecule has 0 unspecified atom stereocenters. The summed E-state index contributed by atoms with van der Waals surface area (Å²) in [6.07, 6.45) is 0.531. The van der Waals surface area contributed by atoms with Crippen molar-refractivity contribution in [3.05, 3.63) is 28.3 Å². The SMILES string of the molecule is Cc1cc2c(c(C(C)(C)C)c1C)CC(=O)N2. The summed E-state index contributed by atoms with van der Waals surface area (Å²) in [5, 5.41) is 2.94. The van der Waals surface area contributed by atoms with Crippen molar-refractivity contribution in [2.45, 2.75) is 46.5 Å². The van der Waals surface area contributed by atoms with Gasteiger partial charge >= 0.3 is 0 Å². The smallest absolute Gasteiger partial charge is 0.228 e. The highest BCUT2D eigenvalue weighted by Gasteiger charge is 2.28. The lowest BCUT2D eigenvalue weighted by molar-refractivity contribution is -0.115. The number of hydrogen-bond acceptors (Lipinski definition) is 1. The Hall–Kier alpha value is -1.31. The van der Waals surface area contributed by atoms with Gasteiger partial charge in [0.25, 0.3) is 0 Å². The van der Waals surface area contributed by atoms with E-state index in [0.717, 1.165) is 5.69 Å². The molecule has 0 bridgehead atoms. The van der Waals surface area contributed by atoms with Crippen LogP contribution in [0.25, 0.3) is 0 Å². The molecule has 0 saturated carbocycles. The largest absolute Gasteiger partial charge is 0.326 e. The van der Waals surface area contributed by atoms with Crippen LogP contribution in [0.15, 0.2) is 6.07 Å². The predicted octanol–water partition coefficient (Wildman–Crippen LogP) is 3.10. The van der Waals surface area contributed by atoms with Crippen LogP contribution in [0.1, 0.15) is 43.0 Å². The molecule has 2 nitrogen and oxygen atoms in total. The zero-order chi connectivity index (χ0) is 12.1. The van der Waals surface area contributed by atoms with E-state index in [4.69, 9.17) is 0 Å². The third kappa shape index (κ3) is 1.62. The summed E-state index contributed by atoms with van der Waals surface area (Å²) in [4.78, 5) is 11.5. The Morgan fingerprint density at radius 1 is 1.25 bits per heavy atom. The van der Waals surface area contributed by atoms with Crippen molar-refractivity contribution >= 4 is 11.6 Å². The summed E-state index contributed by atoms with van der Waals surface area (Å²) in [7, 11) is 0. The standard InChI is InChI=1S/C14H19NO/c1-8-6-11-10(7-12(16)15-11)13(9(8)2)14(3,4)5/h6H,7H2,1-5H3,(H,15,16). The summed E-state index contributed by atoms with van der Waals surface area (Å²) >= 11 is 0. The lowest BCUT2D eigenvalue weighted by Crippen LogP contribution is -2.16. The molecule has 0 radical (unpaired) electrons. The van der Waals surface area contributed by atoms with Crippen molar-refractivity contribution in [3.63, 3.8) is 0 Å². The maximum atomic E-state index is 11.5. The number of rotatable bonds is 0. The molecule has 1 N–H and O–H groups in total. The fourth-order valence-corrected chi connectivity index (χ4v) is 2.64. The average Bonchev–Trinajstić information content (AvgIpc) is 2.43. The van der Waals surface area contributed by atoms with Gasteiger partial charge in [0.15, 0.2) is 0 Å². The molecule has 1 aliphatic heterocycles. The van der Waals surface area contributed by atoms with Gasteiger partial charge in [-0.2, -0.15) is 0 Å². The fourth-order valence-electron chi connectivity index (χ4n) is 2.64. The second-order valence-electron chi connectivity index (χ2n) is 5.69. The van der Waals surface area contributed by atoms with Crippen molar-refractivity contribution in [2.24, 2.45) is 0 Å². The zero-order valence-electron chi connectivity index (χ0n) is 10.7. The third-order valence-electron chi connectivity index (χ3n) is 3.32. The number of nitrogens with one attached hydrogen (secondary N) is 1.